The molecule has 1 amide bonds. The van der Waals surface area contributed by atoms with Gasteiger partial charge in [0.2, 0.25) is 5.91 Å². The van der Waals surface area contributed by atoms with Crippen molar-refractivity contribution in [2.45, 2.75) is 58.9 Å². The van der Waals surface area contributed by atoms with Crippen molar-refractivity contribution in [3.63, 3.8) is 0 Å². The number of nitrogens with one attached hydrogen (secondary N) is 1. The van der Waals surface area contributed by atoms with E-state index < -0.39 is 5.76 Å². The largest absolute Gasteiger partial charge is 0.439 e. The quantitative estimate of drug-likeness (QED) is 0.369. The van der Waals surface area contributed by atoms with Gasteiger partial charge in [0, 0.05) is 36.3 Å². The van der Waals surface area contributed by atoms with Crippen molar-refractivity contribution in [3.05, 3.63) is 92.1 Å². The Hall–Kier alpha value is -4.27. The Morgan fingerprint density at radius 1 is 1.00 bits per heavy atom. The second kappa shape index (κ2) is 11.6. The highest BCUT2D eigenvalue weighted by Crippen LogP contribution is 2.30. The van der Waals surface area contributed by atoms with Crippen LogP contribution in [0.2, 0.25) is 0 Å². The summed E-state index contributed by atoms with van der Waals surface area (Å²) in [5, 5.41) is 3.83. The molecule has 0 saturated carbocycles. The second-order valence-electron chi connectivity index (χ2n) is 10.0. The van der Waals surface area contributed by atoms with Crippen LogP contribution < -0.4 is 11.3 Å². The van der Waals surface area contributed by atoms with Crippen molar-refractivity contribution in [1.29, 1.82) is 0 Å². The van der Waals surface area contributed by atoms with Gasteiger partial charge in [-0.3, -0.25) is 23.7 Å². The number of hydrogen-bond donors (Lipinski definition) is 1. The van der Waals surface area contributed by atoms with Crippen molar-refractivity contribution in [3.8, 4) is 22.5 Å². The smallest absolute Gasteiger partial charge is 0.342 e. The SMILES string of the molecule is CCCc1nc(C)c(CC(=O)N2CCCCC2)c(=O)n1Cc1ccc(-c2ccccc2-c2noc(=O)[nH]2)cc1. The van der Waals surface area contributed by atoms with Gasteiger partial charge in [-0.2, -0.15) is 0 Å². The highest BCUT2D eigenvalue weighted by atomic mass is 16.5. The fourth-order valence-corrected chi connectivity index (χ4v) is 5.20. The van der Waals surface area contributed by atoms with Crippen LogP contribution in [-0.2, 0) is 24.2 Å². The van der Waals surface area contributed by atoms with Gasteiger partial charge in [-0.05, 0) is 49.3 Å². The zero-order valence-corrected chi connectivity index (χ0v) is 22.4. The highest BCUT2D eigenvalue weighted by Gasteiger charge is 2.22. The number of carbonyl (C=O) groups is 1. The molecule has 2 aromatic carbocycles. The van der Waals surface area contributed by atoms with E-state index in [4.69, 9.17) is 9.51 Å². The molecule has 2 aromatic heterocycles. The summed E-state index contributed by atoms with van der Waals surface area (Å²) in [6.45, 7) is 5.78. The number of nitrogens with zero attached hydrogens (tertiary/aromatic N) is 4. The normalized spacial score (nSPS) is 13.5. The number of carbonyl (C=O) groups excluding carboxylic acids is 1. The molecule has 202 valence electrons. The molecule has 39 heavy (non-hydrogen) atoms. The molecular weight excluding hydrogens is 494 g/mol. The van der Waals surface area contributed by atoms with Gasteiger partial charge < -0.3 is 4.90 Å². The lowest BCUT2D eigenvalue weighted by Gasteiger charge is -2.27. The lowest BCUT2D eigenvalue weighted by Crippen LogP contribution is -2.39. The van der Waals surface area contributed by atoms with Crippen molar-refractivity contribution < 1.29 is 9.32 Å². The van der Waals surface area contributed by atoms with E-state index in [2.05, 4.69) is 17.1 Å². The minimum absolute atomic E-state index is 0.00275. The van der Waals surface area contributed by atoms with Crippen molar-refractivity contribution in [2.24, 2.45) is 0 Å². The number of likely N-dealkylation sites (tertiary alicyclic amines) is 1. The second-order valence-corrected chi connectivity index (χ2v) is 10.0. The predicted molar refractivity (Wildman–Crippen MR) is 148 cm³/mol. The number of aromatic amines is 1. The summed E-state index contributed by atoms with van der Waals surface area (Å²) in [5.74, 6) is 0.501. The van der Waals surface area contributed by atoms with E-state index in [-0.39, 0.29) is 17.9 Å². The van der Waals surface area contributed by atoms with Crippen LogP contribution in [0.25, 0.3) is 22.5 Å². The highest BCUT2D eigenvalue weighted by molar-refractivity contribution is 5.80. The third-order valence-corrected chi connectivity index (χ3v) is 7.29. The van der Waals surface area contributed by atoms with Crippen LogP contribution in [0, 0.1) is 6.92 Å². The van der Waals surface area contributed by atoms with Crippen molar-refractivity contribution in [1.82, 2.24) is 24.6 Å². The molecule has 0 atom stereocenters. The first kappa shape index (κ1) is 26.3. The number of aryl methyl sites for hydroxylation is 2. The molecule has 1 N–H and O–H groups in total. The van der Waals surface area contributed by atoms with Gasteiger partial charge in [0.15, 0.2) is 5.82 Å². The fourth-order valence-electron chi connectivity index (χ4n) is 5.20. The molecule has 0 aliphatic carbocycles. The van der Waals surface area contributed by atoms with E-state index in [9.17, 15) is 14.4 Å². The minimum Gasteiger partial charge on any atom is -0.342 e. The van der Waals surface area contributed by atoms with E-state index in [1.807, 2.05) is 60.4 Å². The monoisotopic (exact) mass is 527 g/mol. The number of rotatable bonds is 8. The molecule has 4 aromatic rings. The van der Waals surface area contributed by atoms with Gasteiger partial charge in [0.25, 0.3) is 5.56 Å². The van der Waals surface area contributed by atoms with Gasteiger partial charge >= 0.3 is 5.76 Å². The number of benzene rings is 2. The Labute approximate surface area is 226 Å². The first-order chi connectivity index (χ1) is 18.9. The minimum atomic E-state index is -0.604. The Balaban J connectivity index is 1.43. The Bertz CT molecular complexity index is 1580. The maximum atomic E-state index is 13.7. The molecule has 3 heterocycles. The lowest BCUT2D eigenvalue weighted by atomic mass is 9.98. The van der Waals surface area contributed by atoms with Gasteiger partial charge in [-0.1, -0.05) is 60.6 Å². The Morgan fingerprint density at radius 2 is 1.72 bits per heavy atom. The van der Waals surface area contributed by atoms with Crippen molar-refractivity contribution in [2.75, 3.05) is 13.1 Å². The number of piperidine rings is 1. The molecule has 5 rings (SSSR count). The Kier molecular flexibility index (Phi) is 7.86. The zero-order chi connectivity index (χ0) is 27.4. The summed E-state index contributed by atoms with van der Waals surface area (Å²) in [4.78, 5) is 47.4. The summed E-state index contributed by atoms with van der Waals surface area (Å²) in [7, 11) is 0. The van der Waals surface area contributed by atoms with Crippen molar-refractivity contribution >= 4 is 5.91 Å². The molecule has 0 unspecified atom stereocenters. The van der Waals surface area contributed by atoms with E-state index in [0.717, 1.165) is 66.9 Å². The molecule has 1 saturated heterocycles. The first-order valence-corrected chi connectivity index (χ1v) is 13.6. The molecule has 0 bridgehead atoms. The molecule has 1 fully saturated rings. The fraction of sp³-hybridized carbons (Fsp3) is 0.367. The third-order valence-electron chi connectivity index (χ3n) is 7.29. The van der Waals surface area contributed by atoms with Crippen LogP contribution in [0.4, 0.5) is 0 Å². The summed E-state index contributed by atoms with van der Waals surface area (Å²) >= 11 is 0. The van der Waals surface area contributed by atoms with E-state index in [0.29, 0.717) is 30.0 Å². The van der Waals surface area contributed by atoms with Gasteiger partial charge in [0.05, 0.1) is 13.0 Å². The summed E-state index contributed by atoms with van der Waals surface area (Å²) in [6, 6.07) is 15.6. The number of H-pyrrole nitrogens is 1. The maximum absolute atomic E-state index is 13.7. The summed E-state index contributed by atoms with van der Waals surface area (Å²) < 4.78 is 6.41. The van der Waals surface area contributed by atoms with Crippen LogP contribution in [0.15, 0.2) is 62.6 Å². The lowest BCUT2D eigenvalue weighted by molar-refractivity contribution is -0.131. The Morgan fingerprint density at radius 3 is 2.38 bits per heavy atom. The number of hydrogen-bond acceptors (Lipinski definition) is 6. The summed E-state index contributed by atoms with van der Waals surface area (Å²) in [6.07, 6.45) is 4.80. The third kappa shape index (κ3) is 5.77. The molecule has 1 aliphatic rings. The van der Waals surface area contributed by atoms with E-state index in [1.54, 1.807) is 4.57 Å². The summed E-state index contributed by atoms with van der Waals surface area (Å²) in [5.41, 5.74) is 4.52. The number of aromatic nitrogens is 4. The van der Waals surface area contributed by atoms with Gasteiger partial charge in [0.1, 0.15) is 5.82 Å². The molecule has 0 spiro atoms. The zero-order valence-electron chi connectivity index (χ0n) is 22.4. The molecule has 0 radical (unpaired) electrons. The topological polar surface area (TPSA) is 114 Å². The van der Waals surface area contributed by atoms with E-state index >= 15 is 0 Å². The van der Waals surface area contributed by atoms with Gasteiger partial charge in [-0.25, -0.2) is 9.78 Å². The van der Waals surface area contributed by atoms with E-state index in [1.165, 1.54) is 0 Å². The molecule has 9 nitrogen and oxygen atoms in total. The van der Waals surface area contributed by atoms with Crippen LogP contribution in [-0.4, -0.2) is 43.6 Å². The van der Waals surface area contributed by atoms with Crippen LogP contribution >= 0.6 is 0 Å². The predicted octanol–water partition coefficient (Wildman–Crippen LogP) is 4.12. The average Bonchev–Trinajstić information content (AvgIpc) is 3.40. The first-order valence-electron chi connectivity index (χ1n) is 13.6. The average molecular weight is 528 g/mol. The molecular formula is C30H33N5O4. The molecule has 1 aliphatic heterocycles. The van der Waals surface area contributed by atoms with Crippen LogP contribution in [0.5, 0.6) is 0 Å². The number of amides is 1. The maximum Gasteiger partial charge on any atom is 0.439 e. The van der Waals surface area contributed by atoms with Gasteiger partial charge in [-0.15, -0.1) is 0 Å². The van der Waals surface area contributed by atoms with Crippen LogP contribution in [0.3, 0.4) is 0 Å². The van der Waals surface area contributed by atoms with Crippen LogP contribution in [0.1, 0.15) is 55.3 Å². The standard InChI is InChI=1S/C30H33N5O4/c1-3-9-26-31-20(2)25(18-27(36)34-16-7-4-8-17-34)29(37)35(26)19-21-12-14-22(15-13-21)23-10-5-6-11-24(23)28-32-30(38)39-33-28/h5-6,10-15H,3-4,7-9,16-19H2,1-2H3,(H,32,33,38). The molecule has 9 heteroatoms.